The Morgan fingerprint density at radius 3 is 2.47 bits per heavy atom. The van der Waals surface area contributed by atoms with Crippen molar-refractivity contribution in [3.63, 3.8) is 0 Å². The van der Waals surface area contributed by atoms with Crippen LogP contribution in [0, 0.1) is 0 Å². The van der Waals surface area contributed by atoms with Crippen molar-refractivity contribution in [2.75, 3.05) is 13.1 Å². The topological polar surface area (TPSA) is 60.1 Å². The molecule has 1 amide bonds. The number of amides is 1. The molecule has 84 valence electrons. The summed E-state index contributed by atoms with van der Waals surface area (Å²) in [5.74, 6) is -0.0826. The summed E-state index contributed by atoms with van der Waals surface area (Å²) >= 11 is 0. The Morgan fingerprint density at radius 1 is 1.47 bits per heavy atom. The molecule has 0 aromatic carbocycles. The van der Waals surface area contributed by atoms with Crippen LogP contribution < -0.4 is 5.69 Å². The van der Waals surface area contributed by atoms with E-state index < -0.39 is 0 Å². The molecule has 0 unspecified atom stereocenters. The van der Waals surface area contributed by atoms with E-state index in [1.807, 2.05) is 13.8 Å². The third kappa shape index (κ3) is 2.45. The van der Waals surface area contributed by atoms with Crippen LogP contribution in [0.3, 0.4) is 0 Å². The lowest BCUT2D eigenvalue weighted by molar-refractivity contribution is -0.131. The summed E-state index contributed by atoms with van der Waals surface area (Å²) in [5.41, 5.74) is -0.268. The highest BCUT2D eigenvalue weighted by Gasteiger charge is 2.12. The van der Waals surface area contributed by atoms with Crippen LogP contribution in [0.25, 0.3) is 0 Å². The molecule has 15 heavy (non-hydrogen) atoms. The molecule has 1 aromatic rings. The van der Waals surface area contributed by atoms with Gasteiger partial charge in [0.15, 0.2) is 0 Å². The standard InChI is InChI=1S/C9H16N4O2/c1-4-12(5-2)8(14)6-13-9(15)11(3)7-10-13/h7H,4-6H2,1-3H3. The molecule has 0 atom stereocenters. The number of likely N-dealkylation sites (N-methyl/N-ethyl adjacent to an activating group) is 1. The summed E-state index contributed by atoms with van der Waals surface area (Å²) < 4.78 is 2.51. The molecule has 0 bridgehead atoms. The Bertz CT molecular complexity index is 389. The predicted octanol–water partition coefficient (Wildman–Crippen LogP) is -0.550. The van der Waals surface area contributed by atoms with Crippen LogP contribution in [0.5, 0.6) is 0 Å². The van der Waals surface area contributed by atoms with Crippen molar-refractivity contribution in [3.05, 3.63) is 16.8 Å². The maximum absolute atomic E-state index is 11.7. The highest BCUT2D eigenvalue weighted by Crippen LogP contribution is 1.90. The third-order valence-corrected chi connectivity index (χ3v) is 2.29. The van der Waals surface area contributed by atoms with Gasteiger partial charge in [0.1, 0.15) is 12.9 Å². The summed E-state index contributed by atoms with van der Waals surface area (Å²) in [6, 6.07) is 0. The first kappa shape index (κ1) is 11.5. The van der Waals surface area contributed by atoms with Gasteiger partial charge in [0.25, 0.3) is 0 Å². The monoisotopic (exact) mass is 212 g/mol. The zero-order chi connectivity index (χ0) is 11.4. The van der Waals surface area contributed by atoms with Gasteiger partial charge in [-0.1, -0.05) is 0 Å². The summed E-state index contributed by atoms with van der Waals surface area (Å²) in [5, 5.41) is 3.83. The second kappa shape index (κ2) is 4.77. The fourth-order valence-corrected chi connectivity index (χ4v) is 1.33. The Kier molecular flexibility index (Phi) is 3.65. The normalized spacial score (nSPS) is 10.3. The molecule has 0 N–H and O–H groups in total. The molecule has 0 saturated heterocycles. The van der Waals surface area contributed by atoms with Crippen LogP contribution in [0.2, 0.25) is 0 Å². The van der Waals surface area contributed by atoms with Crippen molar-refractivity contribution in [3.8, 4) is 0 Å². The molecule has 0 radical (unpaired) electrons. The first-order valence-corrected chi connectivity index (χ1v) is 4.96. The Balaban J connectivity index is 2.74. The van der Waals surface area contributed by atoms with Gasteiger partial charge in [0.05, 0.1) is 0 Å². The van der Waals surface area contributed by atoms with Crippen molar-refractivity contribution in [2.24, 2.45) is 7.05 Å². The van der Waals surface area contributed by atoms with Crippen LogP contribution >= 0.6 is 0 Å². The average molecular weight is 212 g/mol. The predicted molar refractivity (Wildman–Crippen MR) is 55.4 cm³/mol. The fraction of sp³-hybridized carbons (Fsp3) is 0.667. The van der Waals surface area contributed by atoms with E-state index in [4.69, 9.17) is 0 Å². The molecular weight excluding hydrogens is 196 g/mol. The van der Waals surface area contributed by atoms with E-state index in [1.54, 1.807) is 11.9 Å². The molecule has 0 spiro atoms. The fourth-order valence-electron chi connectivity index (χ4n) is 1.33. The molecule has 6 heteroatoms. The molecular formula is C9H16N4O2. The van der Waals surface area contributed by atoms with Crippen molar-refractivity contribution in [2.45, 2.75) is 20.4 Å². The highest BCUT2D eigenvalue weighted by atomic mass is 16.2. The first-order valence-electron chi connectivity index (χ1n) is 4.96. The quantitative estimate of drug-likeness (QED) is 0.673. The second-order valence-electron chi connectivity index (χ2n) is 3.25. The Labute approximate surface area is 88.1 Å². The average Bonchev–Trinajstić information content (AvgIpc) is 2.52. The van der Waals surface area contributed by atoms with Crippen LogP contribution in [-0.4, -0.2) is 38.2 Å². The van der Waals surface area contributed by atoms with E-state index in [9.17, 15) is 9.59 Å². The maximum Gasteiger partial charge on any atom is 0.345 e. The van der Waals surface area contributed by atoms with Gasteiger partial charge in [0.2, 0.25) is 5.91 Å². The van der Waals surface area contributed by atoms with Gasteiger partial charge in [0, 0.05) is 20.1 Å². The minimum Gasteiger partial charge on any atom is -0.342 e. The van der Waals surface area contributed by atoms with E-state index in [0.29, 0.717) is 13.1 Å². The first-order chi connectivity index (χ1) is 7.10. The van der Waals surface area contributed by atoms with Gasteiger partial charge in [-0.2, -0.15) is 5.10 Å². The van der Waals surface area contributed by atoms with Gasteiger partial charge in [-0.15, -0.1) is 0 Å². The molecule has 0 fully saturated rings. The summed E-state index contributed by atoms with van der Waals surface area (Å²) in [6.07, 6.45) is 1.40. The molecule has 1 rings (SSSR count). The molecule has 0 aliphatic carbocycles. The van der Waals surface area contributed by atoms with Crippen LogP contribution in [0.15, 0.2) is 11.1 Å². The van der Waals surface area contributed by atoms with Gasteiger partial charge in [-0.3, -0.25) is 9.36 Å². The van der Waals surface area contributed by atoms with Crippen LogP contribution in [0.4, 0.5) is 0 Å². The van der Waals surface area contributed by atoms with Crippen LogP contribution in [-0.2, 0) is 18.4 Å². The van der Waals surface area contributed by atoms with Gasteiger partial charge >= 0.3 is 5.69 Å². The highest BCUT2D eigenvalue weighted by molar-refractivity contribution is 5.75. The van der Waals surface area contributed by atoms with Crippen molar-refractivity contribution in [1.82, 2.24) is 19.2 Å². The molecule has 0 aliphatic heterocycles. The third-order valence-electron chi connectivity index (χ3n) is 2.29. The Morgan fingerprint density at radius 2 is 2.07 bits per heavy atom. The van der Waals surface area contributed by atoms with E-state index in [0.717, 1.165) is 0 Å². The van der Waals surface area contributed by atoms with Gasteiger partial charge < -0.3 is 4.90 Å². The van der Waals surface area contributed by atoms with E-state index in [-0.39, 0.29) is 18.1 Å². The summed E-state index contributed by atoms with van der Waals surface area (Å²) in [4.78, 5) is 24.7. The van der Waals surface area contributed by atoms with E-state index in [1.165, 1.54) is 15.6 Å². The number of aryl methyl sites for hydroxylation is 1. The van der Waals surface area contributed by atoms with E-state index in [2.05, 4.69) is 5.10 Å². The van der Waals surface area contributed by atoms with E-state index >= 15 is 0 Å². The molecule has 0 aliphatic rings. The zero-order valence-corrected chi connectivity index (χ0v) is 9.30. The minimum absolute atomic E-state index is 0.0152. The van der Waals surface area contributed by atoms with Crippen LogP contribution in [0.1, 0.15) is 13.8 Å². The number of aromatic nitrogens is 3. The molecule has 1 heterocycles. The molecule has 0 saturated carbocycles. The number of hydrogen-bond acceptors (Lipinski definition) is 3. The maximum atomic E-state index is 11.7. The number of rotatable bonds is 4. The molecule has 1 aromatic heterocycles. The van der Waals surface area contributed by atoms with Gasteiger partial charge in [-0.05, 0) is 13.8 Å². The lowest BCUT2D eigenvalue weighted by Gasteiger charge is -2.17. The summed E-state index contributed by atoms with van der Waals surface area (Å²) in [7, 11) is 1.60. The second-order valence-corrected chi connectivity index (χ2v) is 3.25. The van der Waals surface area contributed by atoms with Gasteiger partial charge in [-0.25, -0.2) is 9.48 Å². The van der Waals surface area contributed by atoms with Crippen molar-refractivity contribution < 1.29 is 4.79 Å². The number of carbonyl (C=O) groups excluding carboxylic acids is 1. The minimum atomic E-state index is -0.268. The number of nitrogens with zero attached hydrogens (tertiary/aromatic N) is 4. The van der Waals surface area contributed by atoms with Crippen molar-refractivity contribution >= 4 is 5.91 Å². The number of hydrogen-bond donors (Lipinski definition) is 0. The Hall–Kier alpha value is -1.59. The lowest BCUT2D eigenvalue weighted by Crippen LogP contribution is -2.36. The zero-order valence-electron chi connectivity index (χ0n) is 9.30. The smallest absolute Gasteiger partial charge is 0.342 e. The number of carbonyl (C=O) groups is 1. The van der Waals surface area contributed by atoms with Crippen molar-refractivity contribution in [1.29, 1.82) is 0 Å². The molecule has 6 nitrogen and oxygen atoms in total. The SMILES string of the molecule is CCN(CC)C(=O)Cn1ncn(C)c1=O. The lowest BCUT2D eigenvalue weighted by atomic mass is 10.4. The summed E-state index contributed by atoms with van der Waals surface area (Å²) in [6.45, 7) is 5.13. The largest absolute Gasteiger partial charge is 0.345 e.